The molecular weight excluding hydrogens is 464 g/mol. The first kappa shape index (κ1) is 30.3. The van der Waals surface area contributed by atoms with Crippen molar-refractivity contribution in [1.82, 2.24) is 0 Å². The highest BCUT2D eigenvalue weighted by Gasteiger charge is 2.47. The van der Waals surface area contributed by atoms with Crippen molar-refractivity contribution < 1.29 is 9.59 Å². The summed E-state index contributed by atoms with van der Waals surface area (Å²) in [6.07, 6.45) is 17.9. The molecule has 0 heterocycles. The van der Waals surface area contributed by atoms with Crippen LogP contribution in [-0.4, -0.2) is 11.6 Å². The Kier molecular flexibility index (Phi) is 13.9. The summed E-state index contributed by atoms with van der Waals surface area (Å²) in [6.45, 7) is 4.50. The summed E-state index contributed by atoms with van der Waals surface area (Å²) < 4.78 is 0. The third-order valence-corrected chi connectivity index (χ3v) is 8.77. The van der Waals surface area contributed by atoms with Crippen LogP contribution in [0.4, 0.5) is 0 Å². The van der Waals surface area contributed by atoms with Gasteiger partial charge in [-0.2, -0.15) is 0 Å². The molecule has 0 aliphatic heterocycles. The van der Waals surface area contributed by atoms with Gasteiger partial charge in [-0.05, 0) is 24.0 Å². The molecular formula is C36H52O2. The van der Waals surface area contributed by atoms with E-state index in [2.05, 4.69) is 62.4 Å². The van der Waals surface area contributed by atoms with Gasteiger partial charge in [0.05, 0.1) is 0 Å². The summed E-state index contributed by atoms with van der Waals surface area (Å²) in [6, 6.07) is 20.9. The fraction of sp³-hybridized carbons (Fsp3) is 0.611. The first-order valence-electron chi connectivity index (χ1n) is 15.8. The number of unbranched alkanes of at least 4 members (excludes halogenated alkanes) is 11. The minimum atomic E-state index is -0.123. The highest BCUT2D eigenvalue weighted by atomic mass is 16.1. The van der Waals surface area contributed by atoms with Crippen LogP contribution in [0.5, 0.6) is 0 Å². The van der Waals surface area contributed by atoms with E-state index in [1.54, 1.807) is 0 Å². The van der Waals surface area contributed by atoms with Gasteiger partial charge in [-0.3, -0.25) is 9.59 Å². The van der Waals surface area contributed by atoms with E-state index in [1.165, 1.54) is 69.8 Å². The predicted molar refractivity (Wildman–Crippen MR) is 161 cm³/mol. The van der Waals surface area contributed by atoms with Crippen LogP contribution < -0.4 is 0 Å². The van der Waals surface area contributed by atoms with Crippen molar-refractivity contribution in [2.24, 2.45) is 11.8 Å². The minimum absolute atomic E-state index is 0.0182. The van der Waals surface area contributed by atoms with Crippen molar-refractivity contribution in [3.05, 3.63) is 71.8 Å². The van der Waals surface area contributed by atoms with Gasteiger partial charge >= 0.3 is 0 Å². The summed E-state index contributed by atoms with van der Waals surface area (Å²) in [7, 11) is 0. The average Bonchev–Trinajstić information content (AvgIpc) is 2.95. The topological polar surface area (TPSA) is 34.1 Å². The molecule has 2 heteroatoms. The summed E-state index contributed by atoms with van der Waals surface area (Å²) >= 11 is 0. The number of hydrogen-bond acceptors (Lipinski definition) is 2. The van der Waals surface area contributed by atoms with Crippen molar-refractivity contribution in [2.45, 2.75) is 128 Å². The second-order valence-electron chi connectivity index (χ2n) is 11.7. The standard InChI is InChI=1S/C36H52O2/c1-3-5-7-9-11-13-21-27-33(37)36-32(29-22-16-14-17-23-29)28-34(38)31(26-20-12-10-8-6-4-2)35(36)30-24-18-15-19-25-30/h14-19,22-25,31-32,35-36H,3-13,20-21,26-28H2,1-2H3/t31-,32-,35-,36-/m0/s1. The van der Waals surface area contributed by atoms with Crippen LogP contribution in [0.1, 0.15) is 140 Å². The van der Waals surface area contributed by atoms with Gasteiger partial charge in [0, 0.05) is 36.5 Å². The number of Topliss-reactive ketones (excluding diaryl/α,β-unsaturated/α-hetero) is 2. The Bertz CT molecular complexity index is 919. The van der Waals surface area contributed by atoms with E-state index in [0.29, 0.717) is 24.4 Å². The molecule has 0 N–H and O–H groups in total. The smallest absolute Gasteiger partial charge is 0.137 e. The van der Waals surface area contributed by atoms with Crippen LogP contribution in [-0.2, 0) is 9.59 Å². The van der Waals surface area contributed by atoms with Crippen molar-refractivity contribution >= 4 is 11.6 Å². The van der Waals surface area contributed by atoms with Crippen LogP contribution in [0.25, 0.3) is 0 Å². The molecule has 1 fully saturated rings. The summed E-state index contributed by atoms with van der Waals surface area (Å²) in [4.78, 5) is 27.9. The van der Waals surface area contributed by atoms with E-state index in [4.69, 9.17) is 0 Å². The maximum Gasteiger partial charge on any atom is 0.137 e. The van der Waals surface area contributed by atoms with Crippen LogP contribution in [0.3, 0.4) is 0 Å². The Hall–Kier alpha value is -2.22. The molecule has 0 bridgehead atoms. The van der Waals surface area contributed by atoms with Gasteiger partial charge in [-0.25, -0.2) is 0 Å². The Balaban J connectivity index is 1.80. The molecule has 4 atom stereocenters. The number of rotatable bonds is 18. The van der Waals surface area contributed by atoms with E-state index in [0.717, 1.165) is 31.2 Å². The Morgan fingerprint density at radius 3 is 1.74 bits per heavy atom. The summed E-state index contributed by atoms with van der Waals surface area (Å²) in [5.74, 6) is 0.527. The van der Waals surface area contributed by atoms with E-state index in [1.807, 2.05) is 12.1 Å². The van der Waals surface area contributed by atoms with Crippen LogP contribution in [0.2, 0.25) is 0 Å². The Labute approximate surface area is 233 Å². The van der Waals surface area contributed by atoms with Crippen molar-refractivity contribution in [1.29, 1.82) is 0 Å². The lowest BCUT2D eigenvalue weighted by molar-refractivity contribution is -0.133. The third kappa shape index (κ3) is 9.21. The van der Waals surface area contributed by atoms with Crippen LogP contribution in [0, 0.1) is 11.8 Å². The molecule has 2 aromatic rings. The van der Waals surface area contributed by atoms with E-state index < -0.39 is 0 Å². The highest BCUT2D eigenvalue weighted by molar-refractivity contribution is 5.90. The number of carbonyl (C=O) groups excluding carboxylic acids is 2. The van der Waals surface area contributed by atoms with Gasteiger partial charge in [0.25, 0.3) is 0 Å². The van der Waals surface area contributed by atoms with Crippen LogP contribution in [0.15, 0.2) is 60.7 Å². The molecule has 0 amide bonds. The first-order chi connectivity index (χ1) is 18.7. The molecule has 1 aliphatic rings. The molecule has 2 aromatic carbocycles. The molecule has 2 nitrogen and oxygen atoms in total. The molecule has 1 aliphatic carbocycles. The predicted octanol–water partition coefficient (Wildman–Crippen LogP) is 10.2. The molecule has 38 heavy (non-hydrogen) atoms. The lowest BCUT2D eigenvalue weighted by Gasteiger charge is -2.42. The van der Waals surface area contributed by atoms with E-state index in [9.17, 15) is 9.59 Å². The number of ketones is 2. The Morgan fingerprint density at radius 1 is 0.658 bits per heavy atom. The average molecular weight is 517 g/mol. The lowest BCUT2D eigenvalue weighted by Crippen LogP contribution is -2.42. The zero-order valence-electron chi connectivity index (χ0n) is 24.2. The van der Waals surface area contributed by atoms with Gasteiger partial charge in [-0.15, -0.1) is 0 Å². The number of benzene rings is 2. The normalized spacial score (nSPS) is 21.5. The van der Waals surface area contributed by atoms with Gasteiger partial charge < -0.3 is 0 Å². The molecule has 208 valence electrons. The van der Waals surface area contributed by atoms with Crippen LogP contribution >= 0.6 is 0 Å². The summed E-state index contributed by atoms with van der Waals surface area (Å²) in [5.41, 5.74) is 2.33. The molecule has 0 radical (unpaired) electrons. The lowest BCUT2D eigenvalue weighted by atomic mass is 9.59. The van der Waals surface area contributed by atoms with Gasteiger partial charge in [0.2, 0.25) is 0 Å². The SMILES string of the molecule is CCCCCCCCCC(=O)[C@H]1[C@@H](c2ccccc2)[C@@H](CCCCCCCC)C(=O)C[C@H]1c1ccccc1. The van der Waals surface area contributed by atoms with Gasteiger partial charge in [0.1, 0.15) is 11.6 Å². The number of hydrogen-bond donors (Lipinski definition) is 0. The molecule has 0 saturated heterocycles. The van der Waals surface area contributed by atoms with Gasteiger partial charge in [-0.1, -0.05) is 152 Å². The second kappa shape index (κ2) is 17.4. The molecule has 0 unspecified atom stereocenters. The molecule has 0 spiro atoms. The minimum Gasteiger partial charge on any atom is -0.299 e. The molecule has 1 saturated carbocycles. The largest absolute Gasteiger partial charge is 0.299 e. The third-order valence-electron chi connectivity index (χ3n) is 8.77. The van der Waals surface area contributed by atoms with Crippen molar-refractivity contribution in [2.75, 3.05) is 0 Å². The fourth-order valence-electron chi connectivity index (χ4n) is 6.67. The molecule has 0 aromatic heterocycles. The maximum atomic E-state index is 14.1. The monoisotopic (exact) mass is 516 g/mol. The Morgan fingerprint density at radius 2 is 1.16 bits per heavy atom. The zero-order chi connectivity index (χ0) is 27.0. The quantitative estimate of drug-likeness (QED) is 0.185. The van der Waals surface area contributed by atoms with Crippen molar-refractivity contribution in [3.8, 4) is 0 Å². The van der Waals surface area contributed by atoms with Crippen molar-refractivity contribution in [3.63, 3.8) is 0 Å². The zero-order valence-corrected chi connectivity index (χ0v) is 24.2. The fourth-order valence-corrected chi connectivity index (χ4v) is 6.67. The maximum absolute atomic E-state index is 14.1. The molecule has 3 rings (SSSR count). The summed E-state index contributed by atoms with van der Waals surface area (Å²) in [5, 5.41) is 0. The first-order valence-corrected chi connectivity index (χ1v) is 15.8. The highest BCUT2D eigenvalue weighted by Crippen LogP contribution is 2.50. The second-order valence-corrected chi connectivity index (χ2v) is 11.7. The number of carbonyl (C=O) groups is 2. The van der Waals surface area contributed by atoms with E-state index >= 15 is 0 Å². The van der Waals surface area contributed by atoms with E-state index in [-0.39, 0.29) is 23.7 Å². The van der Waals surface area contributed by atoms with Gasteiger partial charge in [0.15, 0.2) is 0 Å².